The summed E-state index contributed by atoms with van der Waals surface area (Å²) in [7, 11) is 3.09. The Balaban J connectivity index is 1.71. The fourth-order valence-corrected chi connectivity index (χ4v) is 2.68. The SMILES string of the molecule is COc1cc(OC)cc(C(=O)Nc2ccc(Nc3ccccc3Cl)cc2)c1. The van der Waals surface area contributed by atoms with Crippen molar-refractivity contribution in [1.82, 2.24) is 0 Å². The van der Waals surface area contributed by atoms with Crippen molar-refractivity contribution in [3.63, 3.8) is 0 Å². The molecule has 0 aliphatic carbocycles. The number of anilines is 3. The number of methoxy groups -OCH3 is 2. The summed E-state index contributed by atoms with van der Waals surface area (Å²) in [5.74, 6) is 0.858. The van der Waals surface area contributed by atoms with Crippen LogP contribution in [-0.4, -0.2) is 20.1 Å². The van der Waals surface area contributed by atoms with Crippen molar-refractivity contribution >= 4 is 34.6 Å². The summed E-state index contributed by atoms with van der Waals surface area (Å²) >= 11 is 6.15. The third kappa shape index (κ3) is 4.71. The molecule has 0 fully saturated rings. The van der Waals surface area contributed by atoms with Gasteiger partial charge in [0.05, 0.1) is 24.9 Å². The Morgan fingerprint density at radius 1 is 0.852 bits per heavy atom. The number of ether oxygens (including phenoxy) is 2. The second kappa shape index (κ2) is 8.47. The van der Waals surface area contributed by atoms with Gasteiger partial charge in [-0.15, -0.1) is 0 Å². The molecule has 0 unspecified atom stereocenters. The highest BCUT2D eigenvalue weighted by Gasteiger charge is 2.10. The highest BCUT2D eigenvalue weighted by Crippen LogP contribution is 2.26. The maximum absolute atomic E-state index is 12.5. The smallest absolute Gasteiger partial charge is 0.255 e. The molecule has 0 aliphatic heterocycles. The Hall–Kier alpha value is -3.18. The highest BCUT2D eigenvalue weighted by molar-refractivity contribution is 6.33. The Kier molecular flexibility index (Phi) is 5.84. The highest BCUT2D eigenvalue weighted by atomic mass is 35.5. The van der Waals surface area contributed by atoms with Gasteiger partial charge in [-0.05, 0) is 48.5 Å². The number of hydrogen-bond acceptors (Lipinski definition) is 4. The Bertz CT molecular complexity index is 920. The van der Waals surface area contributed by atoms with Crippen molar-refractivity contribution in [2.45, 2.75) is 0 Å². The molecule has 0 saturated carbocycles. The van der Waals surface area contributed by atoms with E-state index in [9.17, 15) is 4.79 Å². The minimum absolute atomic E-state index is 0.251. The monoisotopic (exact) mass is 382 g/mol. The molecule has 0 spiro atoms. The summed E-state index contributed by atoms with van der Waals surface area (Å²) < 4.78 is 10.4. The number of amides is 1. The molecule has 138 valence electrons. The lowest BCUT2D eigenvalue weighted by Gasteiger charge is -2.11. The quantitative estimate of drug-likeness (QED) is 0.603. The number of halogens is 1. The number of benzene rings is 3. The van der Waals surface area contributed by atoms with E-state index in [1.165, 1.54) is 0 Å². The van der Waals surface area contributed by atoms with Crippen LogP contribution in [0.25, 0.3) is 0 Å². The molecule has 27 heavy (non-hydrogen) atoms. The van der Waals surface area contributed by atoms with Gasteiger partial charge in [0.25, 0.3) is 5.91 Å². The molecule has 0 saturated heterocycles. The van der Waals surface area contributed by atoms with Crippen LogP contribution in [0.3, 0.4) is 0 Å². The van der Waals surface area contributed by atoms with Gasteiger partial charge >= 0.3 is 0 Å². The zero-order valence-electron chi connectivity index (χ0n) is 15.0. The Morgan fingerprint density at radius 2 is 1.44 bits per heavy atom. The van der Waals surface area contributed by atoms with Crippen molar-refractivity contribution in [2.24, 2.45) is 0 Å². The number of nitrogens with one attached hydrogen (secondary N) is 2. The van der Waals surface area contributed by atoms with E-state index in [1.54, 1.807) is 32.4 Å². The van der Waals surface area contributed by atoms with Crippen LogP contribution in [0, 0.1) is 0 Å². The molecule has 0 heterocycles. The fourth-order valence-electron chi connectivity index (χ4n) is 2.50. The van der Waals surface area contributed by atoms with E-state index >= 15 is 0 Å². The molecule has 3 aromatic rings. The van der Waals surface area contributed by atoms with E-state index in [0.29, 0.717) is 27.8 Å². The average Bonchev–Trinajstić information content (AvgIpc) is 2.70. The average molecular weight is 383 g/mol. The number of carbonyl (C=O) groups excluding carboxylic acids is 1. The molecule has 3 aromatic carbocycles. The predicted molar refractivity (Wildman–Crippen MR) is 109 cm³/mol. The fraction of sp³-hybridized carbons (Fsp3) is 0.0952. The van der Waals surface area contributed by atoms with Crippen LogP contribution < -0.4 is 20.1 Å². The standard InChI is InChI=1S/C21H19ClN2O3/c1-26-17-11-14(12-18(13-17)27-2)21(25)24-16-9-7-15(8-10-16)23-20-6-4-3-5-19(20)22/h3-13,23H,1-2H3,(H,24,25). The van der Waals surface area contributed by atoms with Crippen LogP contribution in [0.15, 0.2) is 66.7 Å². The molecule has 5 nitrogen and oxygen atoms in total. The molecule has 0 aromatic heterocycles. The molecule has 0 bridgehead atoms. The lowest BCUT2D eigenvalue weighted by Crippen LogP contribution is -2.12. The summed E-state index contributed by atoms with van der Waals surface area (Å²) in [6, 6.07) is 19.9. The summed E-state index contributed by atoms with van der Waals surface area (Å²) in [5.41, 5.74) is 2.81. The van der Waals surface area contributed by atoms with Gasteiger partial charge in [-0.3, -0.25) is 4.79 Å². The molecule has 3 rings (SSSR count). The van der Waals surface area contributed by atoms with Crippen LogP contribution in [0.1, 0.15) is 10.4 Å². The van der Waals surface area contributed by atoms with Gasteiger partial charge in [0.2, 0.25) is 0 Å². The first-order valence-electron chi connectivity index (χ1n) is 8.25. The number of carbonyl (C=O) groups is 1. The van der Waals surface area contributed by atoms with E-state index in [4.69, 9.17) is 21.1 Å². The number of hydrogen-bond donors (Lipinski definition) is 2. The van der Waals surface area contributed by atoms with Gasteiger partial charge in [0.15, 0.2) is 0 Å². The first-order valence-corrected chi connectivity index (χ1v) is 8.63. The van der Waals surface area contributed by atoms with Crippen molar-refractivity contribution in [1.29, 1.82) is 0 Å². The van der Waals surface area contributed by atoms with E-state index in [1.807, 2.05) is 48.5 Å². The first kappa shape index (κ1) is 18.6. The summed E-state index contributed by atoms with van der Waals surface area (Å²) in [4.78, 5) is 12.5. The van der Waals surface area contributed by atoms with Crippen LogP contribution >= 0.6 is 11.6 Å². The molecular formula is C21H19ClN2O3. The van der Waals surface area contributed by atoms with E-state index < -0.39 is 0 Å². The lowest BCUT2D eigenvalue weighted by molar-refractivity contribution is 0.102. The van der Waals surface area contributed by atoms with Gasteiger partial charge in [-0.2, -0.15) is 0 Å². The molecule has 1 amide bonds. The van der Waals surface area contributed by atoms with Crippen LogP contribution in [-0.2, 0) is 0 Å². The van der Waals surface area contributed by atoms with E-state index in [-0.39, 0.29) is 5.91 Å². The zero-order chi connectivity index (χ0) is 19.2. The van der Waals surface area contributed by atoms with Crippen LogP contribution in [0.5, 0.6) is 11.5 Å². The van der Waals surface area contributed by atoms with Gasteiger partial charge in [-0.25, -0.2) is 0 Å². The maximum Gasteiger partial charge on any atom is 0.255 e. The van der Waals surface area contributed by atoms with Crippen molar-refractivity contribution in [3.8, 4) is 11.5 Å². The van der Waals surface area contributed by atoms with Crippen molar-refractivity contribution in [2.75, 3.05) is 24.9 Å². The molecular weight excluding hydrogens is 364 g/mol. The van der Waals surface area contributed by atoms with Crippen LogP contribution in [0.4, 0.5) is 17.1 Å². The normalized spacial score (nSPS) is 10.2. The Labute approximate surface area is 162 Å². The third-order valence-electron chi connectivity index (χ3n) is 3.91. The topological polar surface area (TPSA) is 59.6 Å². The van der Waals surface area contributed by atoms with Gasteiger partial charge < -0.3 is 20.1 Å². The van der Waals surface area contributed by atoms with E-state index in [0.717, 1.165) is 11.4 Å². The molecule has 6 heteroatoms. The molecule has 0 atom stereocenters. The first-order chi connectivity index (χ1) is 13.1. The van der Waals surface area contributed by atoms with Gasteiger partial charge in [-0.1, -0.05) is 23.7 Å². The second-order valence-corrected chi connectivity index (χ2v) is 6.14. The summed E-state index contributed by atoms with van der Waals surface area (Å²) in [6.45, 7) is 0. The molecule has 0 radical (unpaired) electrons. The minimum Gasteiger partial charge on any atom is -0.497 e. The van der Waals surface area contributed by atoms with Gasteiger partial charge in [0, 0.05) is 23.0 Å². The van der Waals surface area contributed by atoms with E-state index in [2.05, 4.69) is 10.6 Å². The largest absolute Gasteiger partial charge is 0.497 e. The number of rotatable bonds is 6. The molecule has 2 N–H and O–H groups in total. The second-order valence-electron chi connectivity index (χ2n) is 5.74. The lowest BCUT2D eigenvalue weighted by atomic mass is 10.1. The van der Waals surface area contributed by atoms with Crippen LogP contribution in [0.2, 0.25) is 5.02 Å². The van der Waals surface area contributed by atoms with Crippen molar-refractivity contribution < 1.29 is 14.3 Å². The van der Waals surface area contributed by atoms with Crippen molar-refractivity contribution in [3.05, 3.63) is 77.3 Å². The Morgan fingerprint density at radius 3 is 2.04 bits per heavy atom. The minimum atomic E-state index is -0.251. The summed E-state index contributed by atoms with van der Waals surface area (Å²) in [6.07, 6.45) is 0. The maximum atomic E-state index is 12.5. The third-order valence-corrected chi connectivity index (χ3v) is 4.24. The molecule has 0 aliphatic rings. The predicted octanol–water partition coefficient (Wildman–Crippen LogP) is 5.35. The zero-order valence-corrected chi connectivity index (χ0v) is 15.7. The summed E-state index contributed by atoms with van der Waals surface area (Å²) in [5, 5.41) is 6.74. The van der Waals surface area contributed by atoms with Gasteiger partial charge in [0.1, 0.15) is 11.5 Å². The number of para-hydroxylation sites is 1.